The van der Waals surface area contributed by atoms with E-state index in [4.69, 9.17) is 0 Å². The number of hydrogen-bond donors (Lipinski definition) is 0. The number of fused-ring (bicyclic) bond motifs is 1. The molecule has 2 aromatic rings. The van der Waals surface area contributed by atoms with Gasteiger partial charge in [-0.1, -0.05) is 18.2 Å². The summed E-state index contributed by atoms with van der Waals surface area (Å²) >= 11 is 0. The molecule has 2 nitrogen and oxygen atoms in total. The summed E-state index contributed by atoms with van der Waals surface area (Å²) in [5.41, 5.74) is 4.76. The van der Waals surface area contributed by atoms with Gasteiger partial charge in [-0.2, -0.15) is 4.57 Å². The van der Waals surface area contributed by atoms with E-state index in [9.17, 15) is 4.79 Å². The lowest BCUT2D eigenvalue weighted by Crippen LogP contribution is -3.00. The van der Waals surface area contributed by atoms with Gasteiger partial charge in [0.1, 0.15) is 0 Å². The summed E-state index contributed by atoms with van der Waals surface area (Å²) in [6, 6.07) is 12.2. The highest BCUT2D eigenvalue weighted by Crippen LogP contribution is 2.22. The Morgan fingerprint density at radius 2 is 1.86 bits per heavy atom. The average molecular weight is 346 g/mol. The first kappa shape index (κ1) is 15.9. The summed E-state index contributed by atoms with van der Waals surface area (Å²) < 4.78 is 2.00. The van der Waals surface area contributed by atoms with E-state index in [1.54, 1.807) is 0 Å². The number of rotatable bonds is 3. The molecule has 0 aliphatic heterocycles. The Kier molecular flexibility index (Phi) is 5.29. The molecule has 1 aliphatic carbocycles. The van der Waals surface area contributed by atoms with E-state index in [1.165, 1.54) is 24.0 Å². The Bertz CT molecular complexity index is 651. The van der Waals surface area contributed by atoms with Crippen molar-refractivity contribution in [1.82, 2.24) is 0 Å². The molecular weight excluding hydrogens is 326 g/mol. The van der Waals surface area contributed by atoms with Gasteiger partial charge in [-0.15, -0.1) is 0 Å². The van der Waals surface area contributed by atoms with Crippen molar-refractivity contribution in [3.8, 4) is 0 Å². The number of benzene rings is 1. The van der Waals surface area contributed by atoms with Gasteiger partial charge in [0, 0.05) is 24.6 Å². The smallest absolute Gasteiger partial charge is 0.227 e. The van der Waals surface area contributed by atoms with Crippen LogP contribution in [0.3, 0.4) is 0 Å². The molecule has 0 radical (unpaired) electrons. The fourth-order valence-electron chi connectivity index (χ4n) is 2.89. The van der Waals surface area contributed by atoms with Crippen molar-refractivity contribution < 1.29 is 26.3 Å². The van der Waals surface area contributed by atoms with E-state index in [0.717, 1.165) is 24.1 Å². The van der Waals surface area contributed by atoms with E-state index >= 15 is 0 Å². The van der Waals surface area contributed by atoms with Crippen LogP contribution in [0.5, 0.6) is 0 Å². The maximum Gasteiger partial charge on any atom is 0.227 e. The minimum absolute atomic E-state index is 0. The van der Waals surface area contributed by atoms with Gasteiger partial charge in [-0.05, 0) is 42.9 Å². The van der Waals surface area contributed by atoms with Crippen LogP contribution in [-0.2, 0) is 19.4 Å². The van der Waals surface area contributed by atoms with Crippen LogP contribution in [-0.4, -0.2) is 5.78 Å². The van der Waals surface area contributed by atoms with Gasteiger partial charge >= 0.3 is 0 Å². The molecule has 0 saturated carbocycles. The van der Waals surface area contributed by atoms with Crippen LogP contribution in [0.15, 0.2) is 42.6 Å². The van der Waals surface area contributed by atoms with E-state index in [1.807, 2.05) is 42.0 Å². The molecule has 0 bridgehead atoms. The number of carbonyl (C=O) groups is 1. The standard InChI is InChI=1S/C18H20NO.BrH/c1-14-6-4-5-11-19(14)13-18(20)17-10-9-15-7-2-3-8-16(15)12-17;/h4-6,9-12H,2-3,7-8,13H2,1H3;1H/q+1;/p-1. The van der Waals surface area contributed by atoms with Crippen molar-refractivity contribution in [2.75, 3.05) is 0 Å². The van der Waals surface area contributed by atoms with E-state index in [-0.39, 0.29) is 22.8 Å². The van der Waals surface area contributed by atoms with Crippen LogP contribution >= 0.6 is 0 Å². The second-order valence-electron chi connectivity index (χ2n) is 5.58. The molecule has 1 aromatic heterocycles. The molecule has 0 unspecified atom stereocenters. The summed E-state index contributed by atoms with van der Waals surface area (Å²) in [4.78, 5) is 12.4. The normalized spacial score (nSPS) is 13.2. The van der Waals surface area contributed by atoms with Crippen molar-refractivity contribution in [2.24, 2.45) is 0 Å². The molecule has 1 aromatic carbocycles. The maximum atomic E-state index is 12.4. The molecule has 0 saturated heterocycles. The van der Waals surface area contributed by atoms with Gasteiger partial charge in [0.25, 0.3) is 0 Å². The second-order valence-corrected chi connectivity index (χ2v) is 5.58. The van der Waals surface area contributed by atoms with Crippen molar-refractivity contribution in [1.29, 1.82) is 0 Å². The lowest BCUT2D eigenvalue weighted by Gasteiger charge is -2.15. The molecule has 3 rings (SSSR count). The van der Waals surface area contributed by atoms with E-state index in [2.05, 4.69) is 12.1 Å². The minimum Gasteiger partial charge on any atom is -1.00 e. The number of halogens is 1. The lowest BCUT2D eigenvalue weighted by atomic mass is 9.90. The van der Waals surface area contributed by atoms with E-state index < -0.39 is 0 Å². The van der Waals surface area contributed by atoms with Crippen molar-refractivity contribution in [3.05, 3.63) is 65.0 Å². The summed E-state index contributed by atoms with van der Waals surface area (Å²) in [6.45, 7) is 2.45. The third-order valence-electron chi connectivity index (χ3n) is 4.15. The largest absolute Gasteiger partial charge is 1.00 e. The number of aromatic nitrogens is 1. The number of pyridine rings is 1. The lowest BCUT2D eigenvalue weighted by molar-refractivity contribution is -0.689. The van der Waals surface area contributed by atoms with Gasteiger partial charge in [0.05, 0.1) is 0 Å². The van der Waals surface area contributed by atoms with Crippen LogP contribution in [0.1, 0.15) is 40.0 Å². The zero-order chi connectivity index (χ0) is 13.9. The van der Waals surface area contributed by atoms with Gasteiger partial charge in [-0.3, -0.25) is 4.79 Å². The highest BCUT2D eigenvalue weighted by molar-refractivity contribution is 5.95. The first-order valence-corrected chi connectivity index (χ1v) is 7.34. The minimum atomic E-state index is 0. The molecule has 110 valence electrons. The molecule has 0 fully saturated rings. The maximum absolute atomic E-state index is 12.4. The Morgan fingerprint density at radius 3 is 2.62 bits per heavy atom. The molecule has 0 N–H and O–H groups in total. The van der Waals surface area contributed by atoms with Crippen molar-refractivity contribution in [2.45, 2.75) is 39.2 Å². The predicted molar refractivity (Wildman–Crippen MR) is 78.8 cm³/mol. The molecule has 1 aliphatic rings. The highest BCUT2D eigenvalue weighted by atomic mass is 79.9. The fraction of sp³-hybridized carbons (Fsp3) is 0.333. The summed E-state index contributed by atoms with van der Waals surface area (Å²) in [6.07, 6.45) is 6.77. The molecule has 0 spiro atoms. The molecule has 0 amide bonds. The van der Waals surface area contributed by atoms with Gasteiger partial charge in [0.15, 0.2) is 11.9 Å². The van der Waals surface area contributed by atoms with Crippen molar-refractivity contribution in [3.63, 3.8) is 0 Å². The molecular formula is C18H20BrNO. The van der Waals surface area contributed by atoms with Crippen molar-refractivity contribution >= 4 is 5.78 Å². The van der Waals surface area contributed by atoms with Crippen LogP contribution in [0.2, 0.25) is 0 Å². The quantitative estimate of drug-likeness (QED) is 0.568. The number of hydrogen-bond acceptors (Lipinski definition) is 1. The average Bonchev–Trinajstić information content (AvgIpc) is 2.49. The Labute approximate surface area is 136 Å². The summed E-state index contributed by atoms with van der Waals surface area (Å²) in [7, 11) is 0. The molecule has 1 heterocycles. The number of carbonyl (C=O) groups excluding carboxylic acids is 1. The topological polar surface area (TPSA) is 20.9 Å². The molecule has 3 heteroatoms. The number of aryl methyl sites for hydroxylation is 3. The van der Waals surface area contributed by atoms with Gasteiger partial charge < -0.3 is 17.0 Å². The Morgan fingerprint density at radius 1 is 1.10 bits per heavy atom. The number of Topliss-reactive ketones (excluding diaryl/α,β-unsaturated/α-hetero) is 1. The third kappa shape index (κ3) is 3.59. The summed E-state index contributed by atoms with van der Waals surface area (Å²) in [5.74, 6) is 0.192. The van der Waals surface area contributed by atoms with Gasteiger partial charge in [0.2, 0.25) is 12.3 Å². The predicted octanol–water partition coefficient (Wildman–Crippen LogP) is 0.0482. The zero-order valence-corrected chi connectivity index (χ0v) is 13.9. The number of nitrogens with zero attached hydrogens (tertiary/aromatic N) is 1. The summed E-state index contributed by atoms with van der Waals surface area (Å²) in [5, 5.41) is 0. The first-order valence-electron chi connectivity index (χ1n) is 7.34. The Balaban J connectivity index is 0.00000161. The first-order chi connectivity index (χ1) is 9.74. The zero-order valence-electron chi connectivity index (χ0n) is 12.3. The monoisotopic (exact) mass is 345 g/mol. The number of ketones is 1. The SMILES string of the molecule is Cc1cccc[n+]1CC(=O)c1ccc2c(c1)CCCC2.[Br-]. The Hall–Kier alpha value is -1.48. The van der Waals surface area contributed by atoms with Gasteiger partial charge in [-0.25, -0.2) is 0 Å². The van der Waals surface area contributed by atoms with E-state index in [0.29, 0.717) is 6.54 Å². The van der Waals surface area contributed by atoms with Crippen LogP contribution in [0.25, 0.3) is 0 Å². The molecule has 21 heavy (non-hydrogen) atoms. The van der Waals surface area contributed by atoms with Crippen LogP contribution in [0.4, 0.5) is 0 Å². The molecule has 0 atom stereocenters. The van der Waals surface area contributed by atoms with Crippen LogP contribution < -0.4 is 21.5 Å². The van der Waals surface area contributed by atoms with Crippen LogP contribution in [0, 0.1) is 6.92 Å². The fourth-order valence-corrected chi connectivity index (χ4v) is 2.89. The third-order valence-corrected chi connectivity index (χ3v) is 4.15. The second kappa shape index (κ2) is 6.99. The highest BCUT2D eigenvalue weighted by Gasteiger charge is 2.16.